The maximum atomic E-state index is 14.2. The summed E-state index contributed by atoms with van der Waals surface area (Å²) >= 11 is 1.27. The summed E-state index contributed by atoms with van der Waals surface area (Å²) in [5.74, 6) is 0.162. The maximum absolute atomic E-state index is 14.2. The van der Waals surface area contributed by atoms with Crippen LogP contribution in [0.5, 0.6) is 5.75 Å². The lowest BCUT2D eigenvalue weighted by atomic mass is 9.93. The van der Waals surface area contributed by atoms with E-state index in [1.54, 1.807) is 11.5 Å². The van der Waals surface area contributed by atoms with Crippen LogP contribution >= 0.6 is 11.3 Å². The summed E-state index contributed by atoms with van der Waals surface area (Å²) in [4.78, 5) is 33.3. The van der Waals surface area contributed by atoms with Crippen LogP contribution in [0, 0.1) is 11.3 Å². The Morgan fingerprint density at radius 3 is 2.49 bits per heavy atom. The van der Waals surface area contributed by atoms with E-state index in [1.165, 1.54) is 11.3 Å². The van der Waals surface area contributed by atoms with Crippen molar-refractivity contribution in [2.45, 2.75) is 26.4 Å². The number of benzene rings is 3. The molecule has 0 saturated carbocycles. The number of fused-ring (bicyclic) bond motifs is 2. The highest BCUT2D eigenvalue weighted by Gasteiger charge is 2.35. The molecule has 6 rings (SSSR count). The van der Waals surface area contributed by atoms with Gasteiger partial charge in [0.05, 0.1) is 41.1 Å². The number of nitriles is 1. The first kappa shape index (κ1) is 27.9. The average Bonchev–Trinajstić information content (AvgIpc) is 3.54. The number of para-hydroxylation sites is 1. The largest absolute Gasteiger partial charge is 0.494 e. The van der Waals surface area contributed by atoms with Crippen LogP contribution < -0.4 is 19.6 Å². The van der Waals surface area contributed by atoms with Crippen molar-refractivity contribution < 1.29 is 14.3 Å². The molecule has 43 heavy (non-hydrogen) atoms. The molecule has 8 nitrogen and oxygen atoms in total. The van der Waals surface area contributed by atoms with E-state index in [1.807, 2.05) is 103 Å². The quantitative estimate of drug-likeness (QED) is 0.242. The van der Waals surface area contributed by atoms with E-state index >= 15 is 0 Å². The Balaban J connectivity index is 1.62. The van der Waals surface area contributed by atoms with Crippen molar-refractivity contribution in [2.24, 2.45) is 4.99 Å². The molecule has 2 aromatic heterocycles. The van der Waals surface area contributed by atoms with Gasteiger partial charge in [0.25, 0.3) is 5.56 Å². The van der Waals surface area contributed by atoms with Gasteiger partial charge in [-0.05, 0) is 43.7 Å². The van der Waals surface area contributed by atoms with E-state index in [-0.39, 0.29) is 18.7 Å². The molecule has 214 valence electrons. The topological polar surface area (TPSA) is 98.6 Å². The fraction of sp³-hybridized carbons (Fsp3) is 0.176. The molecule has 0 spiro atoms. The van der Waals surface area contributed by atoms with Crippen molar-refractivity contribution in [3.05, 3.63) is 127 Å². The molecule has 0 radical (unpaired) electrons. The van der Waals surface area contributed by atoms with Crippen LogP contribution in [0.2, 0.25) is 0 Å². The third kappa shape index (κ3) is 5.17. The highest BCUT2D eigenvalue weighted by Crippen LogP contribution is 2.35. The molecule has 5 aromatic rings. The normalized spacial score (nSPS) is 14.7. The Morgan fingerprint density at radius 2 is 1.77 bits per heavy atom. The zero-order chi connectivity index (χ0) is 29.9. The van der Waals surface area contributed by atoms with Gasteiger partial charge in [0.1, 0.15) is 12.3 Å². The molecule has 0 saturated heterocycles. The van der Waals surface area contributed by atoms with E-state index in [9.17, 15) is 14.9 Å². The predicted molar refractivity (Wildman–Crippen MR) is 166 cm³/mol. The molecule has 3 aromatic carbocycles. The number of rotatable bonds is 8. The average molecular weight is 589 g/mol. The number of ether oxygens (including phenoxy) is 2. The second kappa shape index (κ2) is 12.0. The van der Waals surface area contributed by atoms with Crippen molar-refractivity contribution in [2.75, 3.05) is 13.2 Å². The Kier molecular flexibility index (Phi) is 7.77. The molecule has 3 heterocycles. The minimum Gasteiger partial charge on any atom is -0.494 e. The molecule has 9 heteroatoms. The fourth-order valence-corrected chi connectivity index (χ4v) is 6.40. The van der Waals surface area contributed by atoms with Gasteiger partial charge < -0.3 is 14.0 Å². The molecule has 0 amide bonds. The number of aromatic nitrogens is 2. The summed E-state index contributed by atoms with van der Waals surface area (Å²) in [6.07, 6.45) is 3.72. The SMILES string of the molecule is CCOC(=O)C1=C(c2ccccc2)N=c2s/c(=C\c3cn(CC#N)c4ccccc34)c(=O)n2[C@@H]1c1ccc(OCC)cc1. The molecule has 1 aliphatic heterocycles. The number of nitrogens with zero attached hydrogens (tertiary/aromatic N) is 4. The van der Waals surface area contributed by atoms with Crippen LogP contribution in [0.15, 0.2) is 100 Å². The third-order valence-corrected chi connectivity index (χ3v) is 8.21. The minimum atomic E-state index is -0.775. The standard InChI is InChI=1S/C34H28N4O4S/c1-3-41-25-16-14-23(15-17-25)31-29(33(40)42-4-2)30(22-10-6-5-7-11-22)36-34-38(31)32(39)28(43-34)20-24-21-37(19-18-35)27-13-9-8-12-26(24)27/h5-17,20-21,31H,3-4,19H2,1-2H3/b28-20-/t31-/m1/s1. The van der Waals surface area contributed by atoms with Gasteiger partial charge in [-0.3, -0.25) is 9.36 Å². The summed E-state index contributed by atoms with van der Waals surface area (Å²) in [6.45, 7) is 4.56. The number of thiazole rings is 1. The number of hydrogen-bond acceptors (Lipinski definition) is 7. The second-order valence-electron chi connectivity index (χ2n) is 9.82. The first-order valence-corrected chi connectivity index (χ1v) is 14.8. The lowest BCUT2D eigenvalue weighted by Crippen LogP contribution is -2.40. The number of hydrogen-bond donors (Lipinski definition) is 0. The number of carbonyl (C=O) groups excluding carboxylic acids is 1. The molecule has 0 unspecified atom stereocenters. The smallest absolute Gasteiger partial charge is 0.338 e. The van der Waals surface area contributed by atoms with Crippen molar-refractivity contribution >= 4 is 40.0 Å². The van der Waals surface area contributed by atoms with Crippen LogP contribution in [0.3, 0.4) is 0 Å². The van der Waals surface area contributed by atoms with Crippen molar-refractivity contribution in [3.8, 4) is 11.8 Å². The van der Waals surface area contributed by atoms with E-state index in [0.717, 1.165) is 27.6 Å². The molecule has 1 aliphatic rings. The molecule has 0 fully saturated rings. The first-order chi connectivity index (χ1) is 21.0. The summed E-state index contributed by atoms with van der Waals surface area (Å²) in [6, 6.07) is 26.1. The highest BCUT2D eigenvalue weighted by atomic mass is 32.1. The lowest BCUT2D eigenvalue weighted by Gasteiger charge is -2.26. The second-order valence-corrected chi connectivity index (χ2v) is 10.8. The molecule has 1 atom stereocenters. The van der Waals surface area contributed by atoms with E-state index in [4.69, 9.17) is 14.5 Å². The fourth-order valence-electron chi connectivity index (χ4n) is 5.41. The van der Waals surface area contributed by atoms with Gasteiger partial charge in [0.15, 0.2) is 4.80 Å². The van der Waals surface area contributed by atoms with Gasteiger partial charge in [-0.2, -0.15) is 5.26 Å². The van der Waals surface area contributed by atoms with Gasteiger partial charge in [0, 0.05) is 28.2 Å². The van der Waals surface area contributed by atoms with Gasteiger partial charge in [0.2, 0.25) is 0 Å². The van der Waals surface area contributed by atoms with Gasteiger partial charge in [-0.1, -0.05) is 72.0 Å². The van der Waals surface area contributed by atoms with E-state index < -0.39 is 12.0 Å². The first-order valence-electron chi connectivity index (χ1n) is 14.0. The van der Waals surface area contributed by atoms with E-state index in [2.05, 4.69) is 6.07 Å². The molecule has 0 bridgehead atoms. The Hall–Kier alpha value is -5.20. The summed E-state index contributed by atoms with van der Waals surface area (Å²) in [5, 5.41) is 10.3. The van der Waals surface area contributed by atoms with Gasteiger partial charge >= 0.3 is 5.97 Å². The Morgan fingerprint density at radius 1 is 1.02 bits per heavy atom. The zero-order valence-corrected chi connectivity index (χ0v) is 24.5. The Bertz CT molecular complexity index is 2080. The summed E-state index contributed by atoms with van der Waals surface area (Å²) < 4.78 is 15.1. The van der Waals surface area contributed by atoms with Crippen molar-refractivity contribution in [1.29, 1.82) is 5.26 Å². The molecular weight excluding hydrogens is 560 g/mol. The van der Waals surface area contributed by atoms with Gasteiger partial charge in [-0.25, -0.2) is 9.79 Å². The summed E-state index contributed by atoms with van der Waals surface area (Å²) in [7, 11) is 0. The van der Waals surface area contributed by atoms with Crippen LogP contribution in [-0.2, 0) is 16.1 Å². The van der Waals surface area contributed by atoms with Crippen LogP contribution in [0.4, 0.5) is 0 Å². The maximum Gasteiger partial charge on any atom is 0.338 e. The van der Waals surface area contributed by atoms with Crippen molar-refractivity contribution in [1.82, 2.24) is 9.13 Å². The van der Waals surface area contributed by atoms with Gasteiger partial charge in [-0.15, -0.1) is 0 Å². The van der Waals surface area contributed by atoms with Crippen LogP contribution in [0.1, 0.15) is 36.6 Å². The Labute approximate surface area is 251 Å². The zero-order valence-electron chi connectivity index (χ0n) is 23.7. The minimum absolute atomic E-state index is 0.178. The highest BCUT2D eigenvalue weighted by molar-refractivity contribution is 7.07. The monoisotopic (exact) mass is 588 g/mol. The van der Waals surface area contributed by atoms with E-state index in [0.29, 0.717) is 33.0 Å². The van der Waals surface area contributed by atoms with Crippen LogP contribution in [0.25, 0.3) is 22.7 Å². The molecule has 0 N–H and O–H groups in total. The molecular formula is C34H28N4O4S. The predicted octanol–water partition coefficient (Wildman–Crippen LogP) is 4.81. The number of carbonyl (C=O) groups is 1. The summed E-state index contributed by atoms with van der Waals surface area (Å²) in [5.41, 5.74) is 3.70. The lowest BCUT2D eigenvalue weighted by molar-refractivity contribution is -0.138. The number of esters is 1. The third-order valence-electron chi connectivity index (χ3n) is 7.23. The van der Waals surface area contributed by atoms with Crippen LogP contribution in [-0.4, -0.2) is 28.3 Å². The van der Waals surface area contributed by atoms with Crippen molar-refractivity contribution in [3.63, 3.8) is 0 Å². The molecule has 0 aliphatic carbocycles.